The van der Waals surface area contributed by atoms with Gasteiger partial charge in [0.25, 0.3) is 0 Å². The van der Waals surface area contributed by atoms with Gasteiger partial charge in [0.15, 0.2) is 5.22 Å². The first-order valence-corrected chi connectivity index (χ1v) is 6.63. The van der Waals surface area contributed by atoms with Gasteiger partial charge >= 0.3 is 0 Å². The minimum atomic E-state index is 0.341. The Kier molecular flexibility index (Phi) is 6.58. The Hall–Kier alpha value is -0.470. The number of halogens is 1. The van der Waals surface area contributed by atoms with Crippen LogP contribution in [0.4, 0.5) is 0 Å². The number of hydrogen-bond acceptors (Lipinski definition) is 2. The van der Waals surface area contributed by atoms with E-state index in [-0.39, 0.29) is 0 Å². The molecule has 0 radical (unpaired) electrons. The molecule has 0 aliphatic rings. The monoisotopic (exact) mass is 243 g/mol. The minimum absolute atomic E-state index is 0.341. The van der Waals surface area contributed by atoms with Crippen molar-refractivity contribution in [3.05, 3.63) is 23.1 Å². The molecule has 0 aliphatic heterocycles. The molecule has 0 saturated heterocycles. The van der Waals surface area contributed by atoms with Gasteiger partial charge in [-0.1, -0.05) is 39.5 Å². The SMILES string of the molecule is CCCCCCC(NCC)c1ccoc1Cl. The molecule has 2 nitrogen and oxygen atoms in total. The van der Waals surface area contributed by atoms with E-state index in [0.717, 1.165) is 18.5 Å². The van der Waals surface area contributed by atoms with Crippen molar-refractivity contribution in [3.8, 4) is 0 Å². The Bertz CT molecular complexity index is 285. The molecule has 0 saturated carbocycles. The van der Waals surface area contributed by atoms with E-state index in [2.05, 4.69) is 19.2 Å². The molecule has 0 fully saturated rings. The Morgan fingerprint density at radius 1 is 1.31 bits per heavy atom. The number of nitrogens with one attached hydrogen (secondary N) is 1. The van der Waals surface area contributed by atoms with Crippen molar-refractivity contribution in [2.75, 3.05) is 6.54 Å². The van der Waals surface area contributed by atoms with Crippen LogP contribution in [0.25, 0.3) is 0 Å². The second-order valence-electron chi connectivity index (χ2n) is 4.11. The molecule has 92 valence electrons. The molecule has 0 spiro atoms. The minimum Gasteiger partial charge on any atom is -0.453 e. The third kappa shape index (κ3) is 4.18. The molecule has 1 N–H and O–H groups in total. The van der Waals surface area contributed by atoms with Crippen molar-refractivity contribution in [2.45, 2.75) is 52.0 Å². The van der Waals surface area contributed by atoms with Gasteiger partial charge in [0.1, 0.15) is 0 Å². The summed E-state index contributed by atoms with van der Waals surface area (Å²) in [6.07, 6.45) is 7.93. The zero-order valence-electron chi connectivity index (χ0n) is 10.3. The molecule has 0 aromatic carbocycles. The van der Waals surface area contributed by atoms with Crippen LogP contribution in [-0.2, 0) is 0 Å². The molecule has 1 atom stereocenters. The van der Waals surface area contributed by atoms with Gasteiger partial charge in [0, 0.05) is 11.6 Å². The normalized spacial score (nSPS) is 12.9. The van der Waals surface area contributed by atoms with Gasteiger partial charge in [-0.2, -0.15) is 0 Å². The zero-order chi connectivity index (χ0) is 11.8. The fraction of sp³-hybridized carbons (Fsp3) is 0.692. The van der Waals surface area contributed by atoms with E-state index < -0.39 is 0 Å². The fourth-order valence-corrected chi connectivity index (χ4v) is 2.19. The van der Waals surface area contributed by atoms with Gasteiger partial charge in [-0.25, -0.2) is 0 Å². The Morgan fingerprint density at radius 3 is 2.69 bits per heavy atom. The number of hydrogen-bond donors (Lipinski definition) is 1. The number of unbranched alkanes of at least 4 members (excludes halogenated alkanes) is 3. The van der Waals surface area contributed by atoms with E-state index in [9.17, 15) is 0 Å². The maximum atomic E-state index is 6.00. The summed E-state index contributed by atoms with van der Waals surface area (Å²) < 4.78 is 5.14. The van der Waals surface area contributed by atoms with Crippen molar-refractivity contribution in [1.29, 1.82) is 0 Å². The zero-order valence-corrected chi connectivity index (χ0v) is 11.0. The third-order valence-electron chi connectivity index (χ3n) is 2.82. The highest BCUT2D eigenvalue weighted by atomic mass is 35.5. The van der Waals surface area contributed by atoms with Gasteiger partial charge in [-0.3, -0.25) is 0 Å². The summed E-state index contributed by atoms with van der Waals surface area (Å²) in [5.41, 5.74) is 1.10. The standard InChI is InChI=1S/C13H22ClNO/c1-3-5-6-7-8-12(15-4-2)11-9-10-16-13(11)14/h9-10,12,15H,3-8H2,1-2H3. The topological polar surface area (TPSA) is 25.2 Å². The highest BCUT2D eigenvalue weighted by molar-refractivity contribution is 6.29. The Balaban J connectivity index is 2.45. The third-order valence-corrected chi connectivity index (χ3v) is 3.13. The fourth-order valence-electron chi connectivity index (χ4n) is 1.94. The van der Waals surface area contributed by atoms with Crippen LogP contribution in [0.3, 0.4) is 0 Å². The molecular weight excluding hydrogens is 222 g/mol. The average molecular weight is 244 g/mol. The summed E-state index contributed by atoms with van der Waals surface area (Å²) >= 11 is 6.00. The lowest BCUT2D eigenvalue weighted by atomic mass is 10.0. The van der Waals surface area contributed by atoms with Crippen molar-refractivity contribution in [1.82, 2.24) is 5.32 Å². The molecule has 0 bridgehead atoms. The van der Waals surface area contributed by atoms with Crippen molar-refractivity contribution in [2.24, 2.45) is 0 Å². The van der Waals surface area contributed by atoms with Crippen LogP contribution >= 0.6 is 11.6 Å². The van der Waals surface area contributed by atoms with Crippen molar-refractivity contribution < 1.29 is 4.42 Å². The smallest absolute Gasteiger partial charge is 0.197 e. The van der Waals surface area contributed by atoms with Crippen LogP contribution in [0.15, 0.2) is 16.7 Å². The van der Waals surface area contributed by atoms with Gasteiger partial charge in [-0.05, 0) is 30.6 Å². The maximum Gasteiger partial charge on any atom is 0.197 e. The highest BCUT2D eigenvalue weighted by Crippen LogP contribution is 2.27. The summed E-state index contributed by atoms with van der Waals surface area (Å²) in [5, 5.41) is 3.99. The van der Waals surface area contributed by atoms with Gasteiger partial charge in [-0.15, -0.1) is 0 Å². The van der Waals surface area contributed by atoms with Crippen LogP contribution in [0.1, 0.15) is 57.6 Å². The second-order valence-corrected chi connectivity index (χ2v) is 4.45. The molecule has 1 unspecified atom stereocenters. The Morgan fingerprint density at radius 2 is 2.12 bits per heavy atom. The summed E-state index contributed by atoms with van der Waals surface area (Å²) in [5.74, 6) is 0. The van der Waals surface area contributed by atoms with E-state index in [0.29, 0.717) is 11.3 Å². The average Bonchev–Trinajstić information content (AvgIpc) is 2.69. The summed E-state index contributed by atoms with van der Waals surface area (Å²) in [7, 11) is 0. The van der Waals surface area contributed by atoms with Gasteiger partial charge in [0.2, 0.25) is 0 Å². The highest BCUT2D eigenvalue weighted by Gasteiger charge is 2.15. The van der Waals surface area contributed by atoms with Crippen LogP contribution in [0, 0.1) is 0 Å². The van der Waals surface area contributed by atoms with E-state index >= 15 is 0 Å². The maximum absolute atomic E-state index is 6.00. The van der Waals surface area contributed by atoms with Gasteiger partial charge < -0.3 is 9.73 Å². The summed E-state index contributed by atoms with van der Waals surface area (Å²) in [4.78, 5) is 0. The van der Waals surface area contributed by atoms with Crippen LogP contribution in [-0.4, -0.2) is 6.54 Å². The predicted molar refractivity (Wildman–Crippen MR) is 68.9 cm³/mol. The van der Waals surface area contributed by atoms with E-state index in [1.165, 1.54) is 25.7 Å². The molecule has 1 aromatic rings. The van der Waals surface area contributed by atoms with Crippen molar-refractivity contribution >= 4 is 11.6 Å². The first kappa shape index (κ1) is 13.6. The quantitative estimate of drug-likeness (QED) is 0.678. The van der Waals surface area contributed by atoms with Crippen LogP contribution in [0.2, 0.25) is 5.22 Å². The number of rotatable bonds is 8. The molecule has 3 heteroatoms. The van der Waals surface area contributed by atoms with Crippen LogP contribution in [0.5, 0.6) is 0 Å². The largest absolute Gasteiger partial charge is 0.453 e. The molecule has 1 rings (SSSR count). The first-order valence-electron chi connectivity index (χ1n) is 6.25. The van der Waals surface area contributed by atoms with E-state index in [1.54, 1.807) is 6.26 Å². The lowest BCUT2D eigenvalue weighted by Gasteiger charge is -2.16. The molecular formula is C13H22ClNO. The molecule has 1 heterocycles. The number of furan rings is 1. The summed E-state index contributed by atoms with van der Waals surface area (Å²) in [6, 6.07) is 2.31. The Labute approximate surface area is 103 Å². The molecule has 16 heavy (non-hydrogen) atoms. The van der Waals surface area contributed by atoms with Crippen LogP contribution < -0.4 is 5.32 Å². The molecule has 0 aliphatic carbocycles. The first-order chi connectivity index (χ1) is 7.79. The second kappa shape index (κ2) is 7.75. The van der Waals surface area contributed by atoms with E-state index in [4.69, 9.17) is 16.0 Å². The van der Waals surface area contributed by atoms with Gasteiger partial charge in [0.05, 0.1) is 6.26 Å². The van der Waals surface area contributed by atoms with E-state index in [1.807, 2.05) is 6.07 Å². The lowest BCUT2D eigenvalue weighted by Crippen LogP contribution is -2.20. The van der Waals surface area contributed by atoms with Crippen molar-refractivity contribution in [3.63, 3.8) is 0 Å². The lowest BCUT2D eigenvalue weighted by molar-refractivity contribution is 0.474. The predicted octanol–water partition coefficient (Wildman–Crippen LogP) is 4.55. The summed E-state index contributed by atoms with van der Waals surface area (Å²) in [6.45, 7) is 5.31. The molecule has 1 aromatic heterocycles. The molecule has 0 amide bonds.